The Bertz CT molecular complexity index is 807. The molecule has 0 heterocycles. The molecule has 0 aromatic carbocycles. The van der Waals surface area contributed by atoms with Crippen molar-refractivity contribution in [1.29, 1.82) is 0 Å². The van der Waals surface area contributed by atoms with Crippen LogP contribution in [0.4, 0.5) is 0 Å². The molecule has 0 spiro atoms. The van der Waals surface area contributed by atoms with Crippen LogP contribution in [0.3, 0.4) is 0 Å². The molecule has 3 unspecified atom stereocenters. The zero-order valence-electron chi connectivity index (χ0n) is 41.1. The topological polar surface area (TPSA) is 89.8 Å². The molecule has 0 saturated carbocycles. The number of carbonyl (C=O) groups is 1. The Morgan fingerprint density at radius 2 is 0.567 bits per heavy atom. The molecule has 0 aromatic heterocycles. The maximum atomic E-state index is 12.5. The number of aliphatic hydroxyl groups is 3. The number of rotatable bonds is 52. The van der Waals surface area contributed by atoms with Crippen molar-refractivity contribution < 1.29 is 20.1 Å². The van der Waals surface area contributed by atoms with Crippen molar-refractivity contribution in [3.05, 3.63) is 0 Å². The van der Waals surface area contributed by atoms with Gasteiger partial charge in [-0.1, -0.05) is 303 Å². The van der Waals surface area contributed by atoms with Crippen LogP contribution in [-0.2, 0) is 4.79 Å². The van der Waals surface area contributed by atoms with E-state index in [1.165, 1.54) is 263 Å². The molecule has 5 heteroatoms. The standard InChI is InChI=1S/C55H111NO4/c1-3-5-7-9-11-13-15-17-19-21-23-25-27-29-31-33-35-37-39-41-43-45-47-49-54(59)53(51-57)56-55(60)50-52(58)48-46-44-42-40-38-36-34-32-30-28-26-24-22-20-18-16-14-12-10-8-6-4-2/h52-54,57-59H,3-51H2,1-2H3,(H,56,60). The molecule has 3 atom stereocenters. The number of unbranched alkanes of at least 4 members (excludes halogenated alkanes) is 43. The van der Waals surface area contributed by atoms with E-state index in [1.54, 1.807) is 0 Å². The highest BCUT2D eigenvalue weighted by molar-refractivity contribution is 5.76. The van der Waals surface area contributed by atoms with E-state index >= 15 is 0 Å². The minimum Gasteiger partial charge on any atom is -0.394 e. The predicted molar refractivity (Wildman–Crippen MR) is 264 cm³/mol. The molecule has 0 aliphatic heterocycles. The van der Waals surface area contributed by atoms with Crippen molar-refractivity contribution in [2.45, 2.75) is 340 Å². The molecular formula is C55H111NO4. The van der Waals surface area contributed by atoms with Crippen LogP contribution >= 0.6 is 0 Å². The van der Waals surface area contributed by atoms with Crippen LogP contribution in [0.2, 0.25) is 0 Å². The van der Waals surface area contributed by atoms with Crippen LogP contribution in [0.5, 0.6) is 0 Å². The van der Waals surface area contributed by atoms with E-state index in [2.05, 4.69) is 19.2 Å². The van der Waals surface area contributed by atoms with Crippen LogP contribution in [-0.4, -0.2) is 46.1 Å². The molecule has 0 fully saturated rings. The van der Waals surface area contributed by atoms with Crippen molar-refractivity contribution in [2.24, 2.45) is 0 Å². The van der Waals surface area contributed by atoms with Crippen molar-refractivity contribution in [1.82, 2.24) is 5.32 Å². The largest absolute Gasteiger partial charge is 0.394 e. The van der Waals surface area contributed by atoms with Gasteiger partial charge >= 0.3 is 0 Å². The molecule has 0 radical (unpaired) electrons. The molecule has 0 bridgehead atoms. The highest BCUT2D eigenvalue weighted by atomic mass is 16.3. The highest BCUT2D eigenvalue weighted by Gasteiger charge is 2.21. The highest BCUT2D eigenvalue weighted by Crippen LogP contribution is 2.18. The summed E-state index contributed by atoms with van der Waals surface area (Å²) in [5.41, 5.74) is 0. The minimum absolute atomic E-state index is 0.0436. The molecule has 0 aliphatic carbocycles. The zero-order chi connectivity index (χ0) is 43.7. The Balaban J connectivity index is 3.50. The van der Waals surface area contributed by atoms with Gasteiger partial charge in [-0.15, -0.1) is 0 Å². The Hall–Kier alpha value is -0.650. The van der Waals surface area contributed by atoms with Gasteiger partial charge in [0.15, 0.2) is 0 Å². The molecule has 0 aliphatic rings. The molecule has 4 N–H and O–H groups in total. The first kappa shape index (κ1) is 59.4. The third kappa shape index (κ3) is 46.8. The lowest BCUT2D eigenvalue weighted by molar-refractivity contribution is -0.125. The molecule has 0 saturated heterocycles. The average Bonchev–Trinajstić information content (AvgIpc) is 3.24. The van der Waals surface area contributed by atoms with E-state index in [1.807, 2.05) is 0 Å². The minimum atomic E-state index is -0.745. The van der Waals surface area contributed by atoms with Gasteiger partial charge in [-0.25, -0.2) is 0 Å². The van der Waals surface area contributed by atoms with Gasteiger partial charge in [0.1, 0.15) is 0 Å². The number of aliphatic hydroxyl groups excluding tert-OH is 3. The summed E-state index contributed by atoms with van der Waals surface area (Å²) >= 11 is 0. The summed E-state index contributed by atoms with van der Waals surface area (Å²) in [6, 6.07) is -0.654. The molecule has 360 valence electrons. The quantitative estimate of drug-likeness (QED) is 0.0459. The summed E-state index contributed by atoms with van der Waals surface area (Å²) in [6.07, 6.45) is 61.1. The van der Waals surface area contributed by atoms with Crippen molar-refractivity contribution in [2.75, 3.05) is 6.61 Å². The van der Waals surface area contributed by atoms with E-state index in [4.69, 9.17) is 0 Å². The molecule has 0 aromatic rings. The lowest BCUT2D eigenvalue weighted by Gasteiger charge is -2.23. The third-order valence-corrected chi connectivity index (χ3v) is 13.4. The van der Waals surface area contributed by atoms with Crippen LogP contribution in [0.25, 0.3) is 0 Å². The van der Waals surface area contributed by atoms with Crippen molar-refractivity contribution in [3.63, 3.8) is 0 Å². The van der Waals surface area contributed by atoms with E-state index in [-0.39, 0.29) is 18.9 Å². The predicted octanol–water partition coefficient (Wildman–Crippen LogP) is 16.9. The van der Waals surface area contributed by atoms with E-state index in [0.29, 0.717) is 12.8 Å². The lowest BCUT2D eigenvalue weighted by atomic mass is 10.0. The molecule has 5 nitrogen and oxygen atoms in total. The molecule has 1 amide bonds. The first-order chi connectivity index (χ1) is 29.5. The maximum Gasteiger partial charge on any atom is 0.222 e. The van der Waals surface area contributed by atoms with Gasteiger partial charge < -0.3 is 20.6 Å². The second-order valence-corrected chi connectivity index (χ2v) is 19.6. The van der Waals surface area contributed by atoms with E-state index in [9.17, 15) is 20.1 Å². The Morgan fingerprint density at radius 3 is 0.800 bits per heavy atom. The van der Waals surface area contributed by atoms with Crippen molar-refractivity contribution in [3.8, 4) is 0 Å². The van der Waals surface area contributed by atoms with Gasteiger partial charge in [-0.2, -0.15) is 0 Å². The number of amides is 1. The van der Waals surface area contributed by atoms with Gasteiger partial charge in [0.05, 0.1) is 31.3 Å². The van der Waals surface area contributed by atoms with Crippen LogP contribution in [0, 0.1) is 0 Å². The second-order valence-electron chi connectivity index (χ2n) is 19.6. The molecule has 60 heavy (non-hydrogen) atoms. The number of carbonyl (C=O) groups excluding carboxylic acids is 1. The number of nitrogens with one attached hydrogen (secondary N) is 1. The fourth-order valence-corrected chi connectivity index (χ4v) is 9.17. The number of hydrogen-bond donors (Lipinski definition) is 4. The van der Waals surface area contributed by atoms with E-state index < -0.39 is 18.2 Å². The zero-order valence-corrected chi connectivity index (χ0v) is 41.1. The maximum absolute atomic E-state index is 12.5. The number of hydrogen-bond acceptors (Lipinski definition) is 4. The summed E-state index contributed by atoms with van der Waals surface area (Å²) in [5.74, 6) is -0.274. The normalized spacial score (nSPS) is 13.2. The van der Waals surface area contributed by atoms with Crippen LogP contribution in [0.1, 0.15) is 322 Å². The van der Waals surface area contributed by atoms with Crippen LogP contribution in [0.15, 0.2) is 0 Å². The van der Waals surface area contributed by atoms with Gasteiger partial charge in [0.25, 0.3) is 0 Å². The van der Waals surface area contributed by atoms with Gasteiger partial charge in [0, 0.05) is 0 Å². The summed E-state index contributed by atoms with van der Waals surface area (Å²) in [7, 11) is 0. The molecular weight excluding hydrogens is 739 g/mol. The Labute approximate surface area is 377 Å². The summed E-state index contributed by atoms with van der Waals surface area (Å²) in [4.78, 5) is 12.5. The smallest absolute Gasteiger partial charge is 0.222 e. The first-order valence-corrected chi connectivity index (χ1v) is 27.8. The second kappa shape index (κ2) is 51.0. The van der Waals surface area contributed by atoms with Crippen LogP contribution < -0.4 is 5.32 Å². The van der Waals surface area contributed by atoms with E-state index in [0.717, 1.165) is 25.7 Å². The first-order valence-electron chi connectivity index (χ1n) is 27.8. The lowest BCUT2D eigenvalue weighted by Crippen LogP contribution is -2.46. The summed E-state index contributed by atoms with van der Waals surface area (Å²) in [6.45, 7) is 4.31. The Morgan fingerprint density at radius 1 is 0.350 bits per heavy atom. The summed E-state index contributed by atoms with van der Waals surface area (Å²) < 4.78 is 0. The summed E-state index contributed by atoms with van der Waals surface area (Å²) in [5, 5.41) is 33.6. The van der Waals surface area contributed by atoms with Gasteiger partial charge in [-0.3, -0.25) is 4.79 Å². The van der Waals surface area contributed by atoms with Gasteiger partial charge in [0.2, 0.25) is 5.91 Å². The SMILES string of the molecule is CCCCCCCCCCCCCCCCCCCCCCCCCC(O)C(CO)NC(=O)CC(O)CCCCCCCCCCCCCCCCCCCCCCCC. The monoisotopic (exact) mass is 850 g/mol. The third-order valence-electron chi connectivity index (χ3n) is 13.4. The van der Waals surface area contributed by atoms with Gasteiger partial charge in [-0.05, 0) is 12.8 Å². The van der Waals surface area contributed by atoms with Crippen molar-refractivity contribution >= 4 is 5.91 Å². The molecule has 0 rings (SSSR count). The average molecular weight is 850 g/mol. The fourth-order valence-electron chi connectivity index (χ4n) is 9.17. The fraction of sp³-hybridized carbons (Fsp3) is 0.982. The Kier molecular flexibility index (Phi) is 50.4.